The van der Waals surface area contributed by atoms with E-state index in [0.717, 1.165) is 11.1 Å². The molecule has 2 aromatic rings. The van der Waals surface area contributed by atoms with Crippen molar-refractivity contribution in [1.82, 2.24) is 9.78 Å². The van der Waals surface area contributed by atoms with Crippen LogP contribution in [-0.2, 0) is 10.3 Å². The summed E-state index contributed by atoms with van der Waals surface area (Å²) in [4.78, 5) is 23.5. The molecule has 0 saturated carbocycles. The topological polar surface area (TPSA) is 84.2 Å². The summed E-state index contributed by atoms with van der Waals surface area (Å²) >= 11 is 0. The van der Waals surface area contributed by atoms with Gasteiger partial charge in [0, 0.05) is 11.8 Å². The zero-order valence-corrected chi connectivity index (χ0v) is 13.0. The zero-order valence-electron chi connectivity index (χ0n) is 13.0. The fourth-order valence-electron chi connectivity index (χ4n) is 1.97. The van der Waals surface area contributed by atoms with E-state index in [1.54, 1.807) is 13.8 Å². The van der Waals surface area contributed by atoms with Crippen molar-refractivity contribution in [2.75, 3.05) is 5.32 Å². The lowest BCUT2D eigenvalue weighted by atomic mass is 10.1. The Balaban J connectivity index is 2.22. The van der Waals surface area contributed by atoms with Gasteiger partial charge in [0.1, 0.15) is 0 Å². The molecule has 6 nitrogen and oxygen atoms in total. The van der Waals surface area contributed by atoms with Gasteiger partial charge in [-0.1, -0.05) is 17.7 Å². The largest absolute Gasteiger partial charge is 0.479 e. The normalized spacial score (nSPS) is 11.3. The monoisotopic (exact) mass is 301 g/mol. The minimum atomic E-state index is -1.18. The van der Waals surface area contributed by atoms with Gasteiger partial charge in [0.2, 0.25) is 0 Å². The Kier molecular flexibility index (Phi) is 4.03. The number of carboxylic acid groups (broad SMARTS) is 1. The van der Waals surface area contributed by atoms with E-state index >= 15 is 0 Å². The molecule has 116 valence electrons. The molecule has 1 heterocycles. The highest BCUT2D eigenvalue weighted by molar-refractivity contribution is 6.05. The fourth-order valence-corrected chi connectivity index (χ4v) is 1.97. The first-order valence-electron chi connectivity index (χ1n) is 6.89. The van der Waals surface area contributed by atoms with E-state index in [9.17, 15) is 14.7 Å². The number of hydrogen-bond acceptors (Lipinski definition) is 3. The van der Waals surface area contributed by atoms with Crippen LogP contribution < -0.4 is 5.32 Å². The number of nitrogens with zero attached hydrogens (tertiary/aromatic N) is 2. The quantitative estimate of drug-likeness (QED) is 0.909. The summed E-state index contributed by atoms with van der Waals surface area (Å²) in [6, 6.07) is 5.65. The van der Waals surface area contributed by atoms with Crippen molar-refractivity contribution in [3.63, 3.8) is 0 Å². The second-order valence-electron chi connectivity index (χ2n) is 5.81. The molecule has 1 aromatic carbocycles. The number of carbonyl (C=O) groups is 2. The Morgan fingerprint density at radius 2 is 1.95 bits per heavy atom. The van der Waals surface area contributed by atoms with Crippen LogP contribution in [0.15, 0.2) is 30.6 Å². The Morgan fingerprint density at radius 3 is 2.59 bits per heavy atom. The lowest BCUT2D eigenvalue weighted by molar-refractivity contribution is -0.146. The molecular formula is C16H19N3O3. The highest BCUT2D eigenvalue weighted by atomic mass is 16.4. The molecule has 2 rings (SSSR count). The molecule has 0 unspecified atom stereocenters. The smallest absolute Gasteiger partial charge is 0.331 e. The third-order valence-electron chi connectivity index (χ3n) is 3.57. The molecule has 1 amide bonds. The van der Waals surface area contributed by atoms with Gasteiger partial charge in [0.15, 0.2) is 5.54 Å². The van der Waals surface area contributed by atoms with E-state index in [2.05, 4.69) is 10.4 Å². The molecular weight excluding hydrogens is 282 g/mol. The lowest BCUT2D eigenvalue weighted by Crippen LogP contribution is -2.35. The molecule has 2 N–H and O–H groups in total. The third-order valence-corrected chi connectivity index (χ3v) is 3.57. The van der Waals surface area contributed by atoms with E-state index in [0.29, 0.717) is 11.3 Å². The number of benzene rings is 1. The molecule has 0 atom stereocenters. The highest BCUT2D eigenvalue weighted by Gasteiger charge is 2.30. The Hall–Kier alpha value is -2.63. The van der Waals surface area contributed by atoms with E-state index in [1.165, 1.54) is 17.1 Å². The van der Waals surface area contributed by atoms with E-state index in [-0.39, 0.29) is 5.91 Å². The number of aromatic nitrogens is 2. The van der Waals surface area contributed by atoms with Gasteiger partial charge in [-0.2, -0.15) is 5.10 Å². The van der Waals surface area contributed by atoms with E-state index < -0.39 is 11.5 Å². The predicted octanol–water partition coefficient (Wildman–Crippen LogP) is 2.57. The third kappa shape index (κ3) is 3.00. The maximum Gasteiger partial charge on any atom is 0.331 e. The second-order valence-corrected chi connectivity index (χ2v) is 5.81. The fraction of sp³-hybridized carbons (Fsp3) is 0.312. The standard InChI is InChI=1S/C16H19N3O3/c1-10-5-6-11(2)13(7-10)14(20)18-12-8-17-19(9-12)16(3,4)15(21)22/h5-9H,1-4H3,(H,18,20)(H,21,22). The maximum atomic E-state index is 12.3. The molecule has 6 heteroatoms. The van der Waals surface area contributed by atoms with Crippen LogP contribution in [0.3, 0.4) is 0 Å². The van der Waals surface area contributed by atoms with Crippen molar-refractivity contribution in [3.05, 3.63) is 47.3 Å². The molecule has 0 spiro atoms. The van der Waals surface area contributed by atoms with Crippen LogP contribution >= 0.6 is 0 Å². The number of carbonyl (C=O) groups excluding carboxylic acids is 1. The van der Waals surface area contributed by atoms with Crippen LogP contribution in [0.25, 0.3) is 0 Å². The number of hydrogen-bond donors (Lipinski definition) is 2. The maximum absolute atomic E-state index is 12.3. The van der Waals surface area contributed by atoms with Crippen molar-refractivity contribution >= 4 is 17.6 Å². The van der Waals surface area contributed by atoms with Crippen LogP contribution in [0, 0.1) is 13.8 Å². The summed E-state index contributed by atoms with van der Waals surface area (Å²) in [5.74, 6) is -1.24. The van der Waals surface area contributed by atoms with Crippen LogP contribution in [0.5, 0.6) is 0 Å². The molecule has 0 radical (unpaired) electrons. The number of anilines is 1. The molecule has 0 aliphatic carbocycles. The van der Waals surface area contributed by atoms with Crippen molar-refractivity contribution in [1.29, 1.82) is 0 Å². The highest BCUT2D eigenvalue weighted by Crippen LogP contribution is 2.18. The molecule has 1 aromatic heterocycles. The van der Waals surface area contributed by atoms with Gasteiger partial charge in [-0.05, 0) is 39.3 Å². The van der Waals surface area contributed by atoms with Gasteiger partial charge in [0.05, 0.1) is 11.9 Å². The second kappa shape index (κ2) is 5.63. The van der Waals surface area contributed by atoms with Gasteiger partial charge in [-0.25, -0.2) is 4.79 Å². The molecule has 0 aliphatic heterocycles. The first kappa shape index (κ1) is 15.8. The number of rotatable bonds is 4. The van der Waals surface area contributed by atoms with Gasteiger partial charge < -0.3 is 10.4 Å². The Morgan fingerprint density at radius 1 is 1.27 bits per heavy atom. The Bertz CT molecular complexity index is 732. The minimum absolute atomic E-state index is 0.242. The van der Waals surface area contributed by atoms with Crippen molar-refractivity contribution in [3.8, 4) is 0 Å². The summed E-state index contributed by atoms with van der Waals surface area (Å²) in [5, 5.41) is 15.9. The first-order valence-corrected chi connectivity index (χ1v) is 6.89. The van der Waals surface area contributed by atoms with Crippen molar-refractivity contribution in [2.24, 2.45) is 0 Å². The molecule has 0 fully saturated rings. The Labute approximate surface area is 128 Å². The predicted molar refractivity (Wildman–Crippen MR) is 83.1 cm³/mol. The number of aryl methyl sites for hydroxylation is 2. The van der Waals surface area contributed by atoms with Crippen molar-refractivity contribution in [2.45, 2.75) is 33.2 Å². The van der Waals surface area contributed by atoms with Gasteiger partial charge >= 0.3 is 5.97 Å². The number of carboxylic acids is 1. The van der Waals surface area contributed by atoms with Gasteiger partial charge in [-0.3, -0.25) is 9.48 Å². The molecule has 0 aliphatic rings. The number of amides is 1. The lowest BCUT2D eigenvalue weighted by Gasteiger charge is -2.19. The number of nitrogens with one attached hydrogen (secondary N) is 1. The van der Waals surface area contributed by atoms with Gasteiger partial charge in [0.25, 0.3) is 5.91 Å². The summed E-state index contributed by atoms with van der Waals surface area (Å²) in [6.45, 7) is 6.87. The molecule has 22 heavy (non-hydrogen) atoms. The molecule has 0 saturated heterocycles. The minimum Gasteiger partial charge on any atom is -0.479 e. The SMILES string of the molecule is Cc1ccc(C)c(C(=O)Nc2cnn(C(C)(C)C(=O)O)c2)c1. The van der Waals surface area contributed by atoms with E-state index in [4.69, 9.17) is 0 Å². The van der Waals surface area contributed by atoms with Crippen molar-refractivity contribution < 1.29 is 14.7 Å². The summed E-state index contributed by atoms with van der Waals surface area (Å²) in [6.07, 6.45) is 2.95. The van der Waals surface area contributed by atoms with Crippen LogP contribution in [0.2, 0.25) is 0 Å². The van der Waals surface area contributed by atoms with Gasteiger partial charge in [-0.15, -0.1) is 0 Å². The van der Waals surface area contributed by atoms with Crippen LogP contribution in [0.1, 0.15) is 35.3 Å². The van der Waals surface area contributed by atoms with E-state index in [1.807, 2.05) is 32.0 Å². The average Bonchev–Trinajstić information content (AvgIpc) is 2.90. The number of aliphatic carboxylic acids is 1. The van der Waals surface area contributed by atoms with Crippen LogP contribution in [-0.4, -0.2) is 26.8 Å². The summed E-state index contributed by atoms with van der Waals surface area (Å²) < 4.78 is 1.31. The first-order chi connectivity index (χ1) is 10.2. The zero-order chi connectivity index (χ0) is 16.5. The average molecular weight is 301 g/mol. The summed E-state index contributed by atoms with van der Waals surface area (Å²) in [5.41, 5.74) is 1.74. The van der Waals surface area contributed by atoms with Crippen LogP contribution in [0.4, 0.5) is 5.69 Å². The molecule has 0 bridgehead atoms. The summed E-state index contributed by atoms with van der Waals surface area (Å²) in [7, 11) is 0.